The van der Waals surface area contributed by atoms with Crippen molar-refractivity contribution in [2.24, 2.45) is 5.92 Å². The number of unbranched alkanes of at least 4 members (excludes halogenated alkanes) is 1. The number of amides is 2. The molecule has 0 aliphatic carbocycles. The third-order valence-electron chi connectivity index (χ3n) is 4.37. The minimum absolute atomic E-state index is 0.128. The van der Waals surface area contributed by atoms with Gasteiger partial charge < -0.3 is 15.0 Å². The highest BCUT2D eigenvalue weighted by Crippen LogP contribution is 2.26. The second kappa shape index (κ2) is 9.51. The van der Waals surface area contributed by atoms with Crippen molar-refractivity contribution in [2.45, 2.75) is 39.5 Å². The topological polar surface area (TPSA) is 58.6 Å². The molecule has 6 heteroatoms. The van der Waals surface area contributed by atoms with Crippen LogP contribution in [0.5, 0.6) is 0 Å². The molecule has 1 unspecified atom stereocenters. The predicted molar refractivity (Wildman–Crippen MR) is 95.0 cm³/mol. The third-order valence-corrected chi connectivity index (χ3v) is 4.37. The molecule has 25 heavy (non-hydrogen) atoms. The zero-order chi connectivity index (χ0) is 18.2. The van der Waals surface area contributed by atoms with Crippen molar-refractivity contribution in [1.82, 2.24) is 5.32 Å². The van der Waals surface area contributed by atoms with Crippen molar-refractivity contribution in [2.75, 3.05) is 31.2 Å². The molecule has 0 aromatic heterocycles. The minimum Gasteiger partial charge on any atom is -0.381 e. The summed E-state index contributed by atoms with van der Waals surface area (Å²) in [5.41, 5.74) is 1.04. The van der Waals surface area contributed by atoms with E-state index in [-0.39, 0.29) is 24.1 Å². The number of hydrogen-bond donors (Lipinski definition) is 1. The second-order valence-corrected chi connectivity index (χ2v) is 6.45. The summed E-state index contributed by atoms with van der Waals surface area (Å²) in [5, 5.41) is 2.86. The zero-order valence-corrected chi connectivity index (χ0v) is 15.0. The van der Waals surface area contributed by atoms with Crippen LogP contribution in [0.25, 0.3) is 0 Å². The number of hydrogen-bond acceptors (Lipinski definition) is 3. The van der Waals surface area contributed by atoms with Gasteiger partial charge in [-0.1, -0.05) is 19.4 Å². The van der Waals surface area contributed by atoms with Crippen LogP contribution in [0.2, 0.25) is 0 Å². The van der Waals surface area contributed by atoms with Crippen LogP contribution >= 0.6 is 0 Å². The Balaban J connectivity index is 1.77. The standard InChI is InChI=1S/C19H27FN2O3/c1-3-4-9-25-10-5-8-21-19(24)15-11-18(23)22(13-15)16-7-6-14(2)17(20)12-16/h6-7,12,15H,3-5,8-11,13H2,1-2H3,(H,21,24). The van der Waals surface area contributed by atoms with Crippen LogP contribution in [-0.4, -0.2) is 38.1 Å². The van der Waals surface area contributed by atoms with E-state index in [1.807, 2.05) is 0 Å². The maximum absolute atomic E-state index is 13.7. The number of benzene rings is 1. The van der Waals surface area contributed by atoms with Crippen LogP contribution in [0.3, 0.4) is 0 Å². The fourth-order valence-corrected chi connectivity index (χ4v) is 2.76. The third kappa shape index (κ3) is 5.53. The van der Waals surface area contributed by atoms with E-state index in [2.05, 4.69) is 12.2 Å². The Kier molecular flexibility index (Phi) is 7.37. The fraction of sp³-hybridized carbons (Fsp3) is 0.579. The van der Waals surface area contributed by atoms with Gasteiger partial charge in [0.1, 0.15) is 5.82 Å². The van der Waals surface area contributed by atoms with Crippen LogP contribution in [0.15, 0.2) is 18.2 Å². The highest BCUT2D eigenvalue weighted by Gasteiger charge is 2.35. The van der Waals surface area contributed by atoms with Gasteiger partial charge in [0.25, 0.3) is 0 Å². The highest BCUT2D eigenvalue weighted by atomic mass is 19.1. The van der Waals surface area contributed by atoms with Gasteiger partial charge in [-0.3, -0.25) is 9.59 Å². The van der Waals surface area contributed by atoms with E-state index in [9.17, 15) is 14.0 Å². The van der Waals surface area contributed by atoms with Gasteiger partial charge in [0.2, 0.25) is 11.8 Å². The first-order chi connectivity index (χ1) is 12.0. The molecule has 5 nitrogen and oxygen atoms in total. The Morgan fingerprint density at radius 1 is 1.36 bits per heavy atom. The first-order valence-electron chi connectivity index (χ1n) is 8.95. The van der Waals surface area contributed by atoms with Crippen LogP contribution in [0, 0.1) is 18.7 Å². The lowest BCUT2D eigenvalue weighted by Crippen LogP contribution is -2.33. The van der Waals surface area contributed by atoms with E-state index >= 15 is 0 Å². The normalized spacial score (nSPS) is 17.2. The van der Waals surface area contributed by atoms with Crippen molar-refractivity contribution >= 4 is 17.5 Å². The summed E-state index contributed by atoms with van der Waals surface area (Å²) < 4.78 is 19.1. The quantitative estimate of drug-likeness (QED) is 0.697. The summed E-state index contributed by atoms with van der Waals surface area (Å²) in [4.78, 5) is 25.9. The van der Waals surface area contributed by atoms with Crippen molar-refractivity contribution < 1.29 is 18.7 Å². The van der Waals surface area contributed by atoms with Crippen molar-refractivity contribution in [3.8, 4) is 0 Å². The molecule has 1 aliphatic heterocycles. The second-order valence-electron chi connectivity index (χ2n) is 6.45. The molecule has 138 valence electrons. The zero-order valence-electron chi connectivity index (χ0n) is 15.0. The van der Waals surface area contributed by atoms with Gasteiger partial charge in [0, 0.05) is 38.4 Å². The Hall–Kier alpha value is -1.95. The number of carbonyl (C=O) groups excluding carboxylic acids is 2. The summed E-state index contributed by atoms with van der Waals surface area (Å²) in [5.74, 6) is -1.01. The summed E-state index contributed by atoms with van der Waals surface area (Å²) in [7, 11) is 0. The molecule has 0 radical (unpaired) electrons. The number of rotatable bonds is 9. The number of nitrogens with zero attached hydrogens (tertiary/aromatic N) is 1. The molecule has 1 aromatic rings. The number of aryl methyl sites for hydroxylation is 1. The summed E-state index contributed by atoms with van der Waals surface area (Å²) in [6.07, 6.45) is 3.07. The molecule has 1 aromatic carbocycles. The maximum Gasteiger partial charge on any atom is 0.227 e. The lowest BCUT2D eigenvalue weighted by molar-refractivity contribution is -0.126. The number of halogens is 1. The van der Waals surface area contributed by atoms with E-state index in [1.165, 1.54) is 11.0 Å². The largest absolute Gasteiger partial charge is 0.381 e. The van der Waals surface area contributed by atoms with Gasteiger partial charge in [-0.15, -0.1) is 0 Å². The number of carbonyl (C=O) groups is 2. The van der Waals surface area contributed by atoms with E-state index in [0.717, 1.165) is 25.9 Å². The van der Waals surface area contributed by atoms with Gasteiger partial charge in [-0.2, -0.15) is 0 Å². The summed E-state index contributed by atoms with van der Waals surface area (Å²) >= 11 is 0. The molecule has 0 spiro atoms. The predicted octanol–water partition coefficient (Wildman–Crippen LogP) is 2.81. The van der Waals surface area contributed by atoms with E-state index in [4.69, 9.17) is 4.74 Å². The maximum atomic E-state index is 13.7. The van der Waals surface area contributed by atoms with Crippen LogP contribution in [0.1, 0.15) is 38.2 Å². The number of anilines is 1. The first-order valence-corrected chi connectivity index (χ1v) is 8.95. The van der Waals surface area contributed by atoms with E-state index < -0.39 is 5.92 Å². The molecular formula is C19H27FN2O3. The van der Waals surface area contributed by atoms with Gasteiger partial charge in [0.05, 0.1) is 5.92 Å². The Bertz CT molecular complexity index is 606. The van der Waals surface area contributed by atoms with E-state index in [0.29, 0.717) is 30.9 Å². The van der Waals surface area contributed by atoms with Crippen LogP contribution in [0.4, 0.5) is 10.1 Å². The molecule has 0 bridgehead atoms. The molecule has 0 saturated carbocycles. The van der Waals surface area contributed by atoms with Gasteiger partial charge in [-0.05, 0) is 37.5 Å². The van der Waals surface area contributed by atoms with Crippen LogP contribution < -0.4 is 10.2 Å². The molecule has 1 heterocycles. The lowest BCUT2D eigenvalue weighted by Gasteiger charge is -2.17. The molecule has 1 fully saturated rings. The fourth-order valence-electron chi connectivity index (χ4n) is 2.76. The molecule has 1 N–H and O–H groups in total. The van der Waals surface area contributed by atoms with Crippen LogP contribution in [-0.2, 0) is 14.3 Å². The molecular weight excluding hydrogens is 323 g/mol. The average molecular weight is 350 g/mol. The summed E-state index contributed by atoms with van der Waals surface area (Å²) in [6.45, 7) is 5.99. The molecule has 1 aliphatic rings. The molecule has 1 atom stereocenters. The van der Waals surface area contributed by atoms with E-state index in [1.54, 1.807) is 19.1 Å². The smallest absolute Gasteiger partial charge is 0.227 e. The molecule has 2 amide bonds. The summed E-state index contributed by atoms with van der Waals surface area (Å²) in [6, 6.07) is 4.70. The Labute approximate surface area is 148 Å². The van der Waals surface area contributed by atoms with Crippen molar-refractivity contribution in [3.05, 3.63) is 29.6 Å². The molecule has 2 rings (SSSR count). The van der Waals surface area contributed by atoms with Gasteiger partial charge in [-0.25, -0.2) is 4.39 Å². The average Bonchev–Trinajstić information content (AvgIpc) is 2.98. The number of ether oxygens (including phenoxy) is 1. The molecule has 1 saturated heterocycles. The first kappa shape index (κ1) is 19.4. The Morgan fingerprint density at radius 3 is 2.84 bits per heavy atom. The minimum atomic E-state index is -0.391. The van der Waals surface area contributed by atoms with Gasteiger partial charge >= 0.3 is 0 Å². The SMILES string of the molecule is CCCCOCCCNC(=O)C1CC(=O)N(c2ccc(C)c(F)c2)C1. The number of nitrogens with one attached hydrogen (secondary N) is 1. The lowest BCUT2D eigenvalue weighted by atomic mass is 10.1. The Morgan fingerprint density at radius 2 is 2.12 bits per heavy atom. The van der Waals surface area contributed by atoms with Crippen molar-refractivity contribution in [3.63, 3.8) is 0 Å². The van der Waals surface area contributed by atoms with Crippen molar-refractivity contribution in [1.29, 1.82) is 0 Å². The van der Waals surface area contributed by atoms with Gasteiger partial charge in [0.15, 0.2) is 0 Å². The highest BCUT2D eigenvalue weighted by molar-refractivity contribution is 6.00. The monoisotopic (exact) mass is 350 g/mol.